The molecule has 140 valence electrons. The summed E-state index contributed by atoms with van der Waals surface area (Å²) in [4.78, 5) is 12.5. The molecule has 0 heterocycles. The minimum absolute atomic E-state index is 0.0533. The number of hydrogen-bond acceptors (Lipinski definition) is 2. The van der Waals surface area contributed by atoms with Crippen molar-refractivity contribution in [2.45, 2.75) is 47.1 Å². The van der Waals surface area contributed by atoms with E-state index in [4.69, 9.17) is 4.74 Å². The summed E-state index contributed by atoms with van der Waals surface area (Å²) in [6.07, 6.45) is 0.424. The van der Waals surface area contributed by atoms with Gasteiger partial charge in [-0.05, 0) is 42.5 Å². The Labute approximate surface area is 165 Å². The van der Waals surface area contributed by atoms with Crippen LogP contribution in [0.4, 0.5) is 5.69 Å². The van der Waals surface area contributed by atoms with E-state index in [-0.39, 0.29) is 12.0 Å². The highest BCUT2D eigenvalue weighted by atomic mass is 79.9. The van der Waals surface area contributed by atoms with E-state index in [2.05, 4.69) is 48.9 Å². The molecule has 2 rings (SSSR count). The zero-order valence-electron chi connectivity index (χ0n) is 16.2. The molecule has 0 radical (unpaired) electrons. The van der Waals surface area contributed by atoms with Gasteiger partial charge in [-0.1, -0.05) is 73.5 Å². The fourth-order valence-corrected chi connectivity index (χ4v) is 3.34. The number of ether oxygens (including phenoxy) is 1. The van der Waals surface area contributed by atoms with Gasteiger partial charge in [-0.2, -0.15) is 0 Å². The molecular formula is C22H28BrNO2. The molecule has 0 aromatic heterocycles. The highest BCUT2D eigenvalue weighted by Gasteiger charge is 2.21. The summed E-state index contributed by atoms with van der Waals surface area (Å²) in [7, 11) is 0. The maximum Gasteiger partial charge on any atom is 0.228 e. The highest BCUT2D eigenvalue weighted by Crippen LogP contribution is 2.31. The number of benzene rings is 2. The number of carbonyl (C=O) groups is 1. The van der Waals surface area contributed by atoms with Crippen LogP contribution in [-0.2, 0) is 11.2 Å². The largest absolute Gasteiger partial charge is 0.488 e. The van der Waals surface area contributed by atoms with Gasteiger partial charge in [-0.25, -0.2) is 0 Å². The summed E-state index contributed by atoms with van der Waals surface area (Å²) in [5.74, 6) is 1.42. The third-order valence-electron chi connectivity index (χ3n) is 4.28. The van der Waals surface area contributed by atoms with Gasteiger partial charge in [0.05, 0.1) is 12.1 Å². The van der Waals surface area contributed by atoms with Crippen LogP contribution < -0.4 is 10.1 Å². The summed E-state index contributed by atoms with van der Waals surface area (Å²) < 4.78 is 7.16. The van der Waals surface area contributed by atoms with Gasteiger partial charge in [0.2, 0.25) is 5.91 Å². The Balaban J connectivity index is 2.15. The predicted octanol–water partition coefficient (Wildman–Crippen LogP) is 6.00. The van der Waals surface area contributed by atoms with Crippen LogP contribution in [-0.4, -0.2) is 12.0 Å². The van der Waals surface area contributed by atoms with E-state index in [0.29, 0.717) is 29.7 Å². The standard InChI is InChI=1S/C22H28BrNO2/c1-14(2)22(15(3)4)26-20-11-10-18(23)13-19(20)24-21(25)12-17-8-6-16(5)7-9-17/h6-11,13-15,22H,12H2,1-5H3,(H,24,25). The van der Waals surface area contributed by atoms with Crippen molar-refractivity contribution < 1.29 is 9.53 Å². The first kappa shape index (κ1) is 20.5. The zero-order chi connectivity index (χ0) is 19.3. The van der Waals surface area contributed by atoms with Gasteiger partial charge < -0.3 is 10.1 Å². The van der Waals surface area contributed by atoms with E-state index in [9.17, 15) is 4.79 Å². The fourth-order valence-electron chi connectivity index (χ4n) is 2.98. The average molecular weight is 418 g/mol. The summed E-state index contributed by atoms with van der Waals surface area (Å²) in [5, 5.41) is 3.00. The van der Waals surface area contributed by atoms with E-state index in [0.717, 1.165) is 10.0 Å². The molecule has 2 aromatic carbocycles. The minimum Gasteiger partial charge on any atom is -0.488 e. The Bertz CT molecular complexity index is 730. The average Bonchev–Trinajstić information content (AvgIpc) is 2.55. The van der Waals surface area contributed by atoms with Crippen molar-refractivity contribution in [3.8, 4) is 5.75 Å². The third-order valence-corrected chi connectivity index (χ3v) is 4.77. The van der Waals surface area contributed by atoms with Crippen molar-refractivity contribution in [3.63, 3.8) is 0 Å². The Hall–Kier alpha value is -1.81. The first-order chi connectivity index (χ1) is 12.3. The van der Waals surface area contributed by atoms with Crippen molar-refractivity contribution in [2.24, 2.45) is 11.8 Å². The summed E-state index contributed by atoms with van der Waals surface area (Å²) in [6.45, 7) is 10.6. The lowest BCUT2D eigenvalue weighted by molar-refractivity contribution is -0.115. The molecule has 0 aliphatic rings. The molecule has 0 spiro atoms. The summed E-state index contributed by atoms with van der Waals surface area (Å²) >= 11 is 3.48. The molecule has 0 aliphatic carbocycles. The lowest BCUT2D eigenvalue weighted by Crippen LogP contribution is -2.29. The molecule has 26 heavy (non-hydrogen) atoms. The van der Waals surface area contributed by atoms with Gasteiger partial charge in [0.1, 0.15) is 11.9 Å². The molecule has 3 nitrogen and oxygen atoms in total. The van der Waals surface area contributed by atoms with E-state index < -0.39 is 0 Å². The maximum absolute atomic E-state index is 12.5. The Kier molecular flexibility index (Phi) is 7.27. The lowest BCUT2D eigenvalue weighted by Gasteiger charge is -2.27. The number of halogens is 1. The molecule has 4 heteroatoms. The van der Waals surface area contributed by atoms with Crippen LogP contribution in [0.2, 0.25) is 0 Å². The summed E-state index contributed by atoms with van der Waals surface area (Å²) in [6, 6.07) is 13.7. The molecule has 2 aromatic rings. The van der Waals surface area contributed by atoms with Gasteiger partial charge in [-0.15, -0.1) is 0 Å². The van der Waals surface area contributed by atoms with Crippen LogP contribution in [0.1, 0.15) is 38.8 Å². The van der Waals surface area contributed by atoms with Gasteiger partial charge in [0, 0.05) is 4.47 Å². The molecule has 1 amide bonds. The van der Waals surface area contributed by atoms with Crippen LogP contribution in [0.5, 0.6) is 5.75 Å². The second-order valence-corrected chi connectivity index (χ2v) is 8.34. The van der Waals surface area contributed by atoms with Crippen molar-refractivity contribution >= 4 is 27.5 Å². The number of nitrogens with one attached hydrogen (secondary N) is 1. The normalized spacial score (nSPS) is 11.3. The molecular weight excluding hydrogens is 390 g/mol. The van der Waals surface area contributed by atoms with E-state index in [1.54, 1.807) is 0 Å². The quantitative estimate of drug-likeness (QED) is 0.599. The van der Waals surface area contributed by atoms with Crippen LogP contribution in [0, 0.1) is 18.8 Å². The lowest BCUT2D eigenvalue weighted by atomic mass is 9.96. The monoisotopic (exact) mass is 417 g/mol. The Morgan fingerprint density at radius 3 is 2.23 bits per heavy atom. The van der Waals surface area contributed by atoms with Gasteiger partial charge in [0.25, 0.3) is 0 Å². The van der Waals surface area contributed by atoms with Crippen molar-refractivity contribution in [1.29, 1.82) is 0 Å². The van der Waals surface area contributed by atoms with Crippen LogP contribution in [0.3, 0.4) is 0 Å². The number of hydrogen-bond donors (Lipinski definition) is 1. The van der Waals surface area contributed by atoms with Gasteiger partial charge >= 0.3 is 0 Å². The van der Waals surface area contributed by atoms with Gasteiger partial charge in [-0.3, -0.25) is 4.79 Å². The summed E-state index contributed by atoms with van der Waals surface area (Å²) in [5.41, 5.74) is 2.88. The number of carbonyl (C=O) groups excluding carboxylic acids is 1. The van der Waals surface area contributed by atoms with Crippen LogP contribution >= 0.6 is 15.9 Å². The number of rotatable bonds is 7. The molecule has 0 unspecified atom stereocenters. The first-order valence-electron chi connectivity index (χ1n) is 9.08. The molecule has 0 atom stereocenters. The topological polar surface area (TPSA) is 38.3 Å². The van der Waals surface area contributed by atoms with Crippen LogP contribution in [0.25, 0.3) is 0 Å². The van der Waals surface area contributed by atoms with Crippen LogP contribution in [0.15, 0.2) is 46.9 Å². The van der Waals surface area contributed by atoms with E-state index >= 15 is 0 Å². The van der Waals surface area contributed by atoms with E-state index in [1.165, 1.54) is 5.56 Å². The van der Waals surface area contributed by atoms with Crippen molar-refractivity contribution in [1.82, 2.24) is 0 Å². The second-order valence-electron chi connectivity index (χ2n) is 7.42. The molecule has 0 saturated carbocycles. The maximum atomic E-state index is 12.5. The minimum atomic E-state index is -0.0533. The number of anilines is 1. The van der Waals surface area contributed by atoms with Crippen molar-refractivity contribution in [2.75, 3.05) is 5.32 Å². The molecule has 0 fully saturated rings. The highest BCUT2D eigenvalue weighted by molar-refractivity contribution is 9.10. The molecule has 0 saturated heterocycles. The fraction of sp³-hybridized carbons (Fsp3) is 0.409. The zero-order valence-corrected chi connectivity index (χ0v) is 17.8. The molecule has 0 aliphatic heterocycles. The number of amides is 1. The molecule has 1 N–H and O–H groups in total. The third kappa shape index (κ3) is 5.87. The Morgan fingerprint density at radius 2 is 1.65 bits per heavy atom. The smallest absolute Gasteiger partial charge is 0.228 e. The van der Waals surface area contributed by atoms with E-state index in [1.807, 2.05) is 49.4 Å². The second kappa shape index (κ2) is 9.22. The van der Waals surface area contributed by atoms with Gasteiger partial charge in [0.15, 0.2) is 0 Å². The SMILES string of the molecule is Cc1ccc(CC(=O)Nc2cc(Br)ccc2OC(C(C)C)C(C)C)cc1. The predicted molar refractivity (Wildman–Crippen MR) is 112 cm³/mol. The Morgan fingerprint density at radius 1 is 1.04 bits per heavy atom. The van der Waals surface area contributed by atoms with Crippen molar-refractivity contribution in [3.05, 3.63) is 58.1 Å². The first-order valence-corrected chi connectivity index (χ1v) is 9.87. The number of aryl methyl sites for hydroxylation is 1. The molecule has 0 bridgehead atoms.